The van der Waals surface area contributed by atoms with Crippen LogP contribution in [0.3, 0.4) is 0 Å². The molecule has 0 unspecified atom stereocenters. The first-order valence-electron chi connectivity index (χ1n) is 5.69. The lowest BCUT2D eigenvalue weighted by molar-refractivity contribution is -0.385. The molecule has 1 aromatic carbocycles. The molecular formula is C13H10ClN3O3. The zero-order chi connectivity index (χ0) is 14.5. The van der Waals surface area contributed by atoms with E-state index >= 15 is 0 Å². The highest BCUT2D eigenvalue weighted by molar-refractivity contribution is 6.33. The Morgan fingerprint density at radius 1 is 1.35 bits per heavy atom. The maximum absolute atomic E-state index is 12.0. The maximum atomic E-state index is 12.0. The molecule has 1 amide bonds. The number of nitrogens with one attached hydrogen (secondary N) is 1. The topological polar surface area (TPSA) is 85.1 Å². The largest absolute Gasteiger partial charge is 0.348 e. The van der Waals surface area contributed by atoms with Gasteiger partial charge in [-0.2, -0.15) is 0 Å². The summed E-state index contributed by atoms with van der Waals surface area (Å²) in [6.07, 6.45) is 3.22. The summed E-state index contributed by atoms with van der Waals surface area (Å²) < 4.78 is 0. The number of nitrogens with zero attached hydrogens (tertiary/aromatic N) is 2. The number of benzene rings is 1. The number of hydrogen-bond acceptors (Lipinski definition) is 4. The molecular weight excluding hydrogens is 282 g/mol. The van der Waals surface area contributed by atoms with Gasteiger partial charge >= 0.3 is 5.69 Å². The fraction of sp³-hybridized carbons (Fsp3) is 0.0769. The van der Waals surface area contributed by atoms with Crippen LogP contribution in [0.4, 0.5) is 5.69 Å². The van der Waals surface area contributed by atoms with Gasteiger partial charge in [0, 0.05) is 18.9 Å². The van der Waals surface area contributed by atoms with Crippen LogP contribution in [0.5, 0.6) is 0 Å². The van der Waals surface area contributed by atoms with Crippen LogP contribution in [0.1, 0.15) is 15.9 Å². The van der Waals surface area contributed by atoms with Crippen molar-refractivity contribution in [1.29, 1.82) is 0 Å². The molecule has 20 heavy (non-hydrogen) atoms. The van der Waals surface area contributed by atoms with Gasteiger partial charge in [-0.3, -0.25) is 19.9 Å². The van der Waals surface area contributed by atoms with Crippen molar-refractivity contribution < 1.29 is 9.72 Å². The summed E-state index contributed by atoms with van der Waals surface area (Å²) in [7, 11) is 0. The Morgan fingerprint density at radius 3 is 2.80 bits per heavy atom. The highest BCUT2D eigenvalue weighted by Gasteiger charge is 2.23. The van der Waals surface area contributed by atoms with Crippen molar-refractivity contribution in [2.45, 2.75) is 6.54 Å². The molecule has 0 saturated heterocycles. The summed E-state index contributed by atoms with van der Waals surface area (Å²) in [5.74, 6) is -0.553. The Balaban J connectivity index is 2.18. The van der Waals surface area contributed by atoms with Crippen molar-refractivity contribution in [2.24, 2.45) is 0 Å². The van der Waals surface area contributed by atoms with Crippen LogP contribution >= 0.6 is 11.6 Å². The molecule has 0 fully saturated rings. The van der Waals surface area contributed by atoms with Crippen molar-refractivity contribution in [3.8, 4) is 0 Å². The van der Waals surface area contributed by atoms with E-state index in [1.54, 1.807) is 24.5 Å². The van der Waals surface area contributed by atoms with Gasteiger partial charge in [-0.25, -0.2) is 0 Å². The number of pyridine rings is 1. The standard InChI is InChI=1S/C13H10ClN3O3/c14-11-5-1-4-10(12(11)17(19)20)13(18)16-8-9-3-2-6-15-7-9/h1-7H,8H2,(H,16,18). The molecule has 1 heterocycles. The van der Waals surface area contributed by atoms with Crippen LogP contribution in [0.2, 0.25) is 5.02 Å². The summed E-state index contributed by atoms with van der Waals surface area (Å²) in [5.41, 5.74) is 0.342. The van der Waals surface area contributed by atoms with Gasteiger partial charge in [-0.1, -0.05) is 23.7 Å². The number of nitro benzene ring substituents is 1. The van der Waals surface area contributed by atoms with Crippen LogP contribution in [0.25, 0.3) is 0 Å². The van der Waals surface area contributed by atoms with E-state index in [0.717, 1.165) is 5.56 Å². The quantitative estimate of drug-likeness (QED) is 0.693. The Labute approximate surface area is 119 Å². The molecule has 1 aromatic heterocycles. The number of hydrogen-bond donors (Lipinski definition) is 1. The molecule has 102 valence electrons. The van der Waals surface area contributed by atoms with Gasteiger partial charge in [0.05, 0.1) is 4.92 Å². The van der Waals surface area contributed by atoms with E-state index in [4.69, 9.17) is 11.6 Å². The first-order chi connectivity index (χ1) is 9.59. The molecule has 0 saturated carbocycles. The van der Waals surface area contributed by atoms with E-state index in [2.05, 4.69) is 10.3 Å². The molecule has 7 heteroatoms. The summed E-state index contributed by atoms with van der Waals surface area (Å²) in [6, 6.07) is 7.76. The van der Waals surface area contributed by atoms with Gasteiger partial charge in [0.15, 0.2) is 0 Å². The Hall–Kier alpha value is -2.47. The minimum Gasteiger partial charge on any atom is -0.348 e. The fourth-order valence-corrected chi connectivity index (χ4v) is 1.91. The number of amides is 1. The van der Waals surface area contributed by atoms with E-state index in [1.807, 2.05) is 0 Å². The third-order valence-corrected chi connectivity index (χ3v) is 2.89. The van der Waals surface area contributed by atoms with Gasteiger partial charge in [-0.05, 0) is 23.8 Å². The zero-order valence-electron chi connectivity index (χ0n) is 10.2. The highest BCUT2D eigenvalue weighted by Crippen LogP contribution is 2.28. The number of para-hydroxylation sites is 1. The molecule has 0 aliphatic carbocycles. The van der Waals surface area contributed by atoms with E-state index in [1.165, 1.54) is 18.2 Å². The number of nitro groups is 1. The number of halogens is 1. The van der Waals surface area contributed by atoms with Crippen molar-refractivity contribution in [1.82, 2.24) is 10.3 Å². The molecule has 0 aliphatic rings. The normalized spacial score (nSPS) is 10.1. The highest BCUT2D eigenvalue weighted by atomic mass is 35.5. The summed E-state index contributed by atoms with van der Waals surface area (Å²) in [5, 5.41) is 13.5. The second-order valence-corrected chi connectivity index (χ2v) is 4.34. The summed E-state index contributed by atoms with van der Waals surface area (Å²) in [4.78, 5) is 26.2. The molecule has 1 N–H and O–H groups in total. The molecule has 0 spiro atoms. The van der Waals surface area contributed by atoms with Gasteiger partial charge in [0.1, 0.15) is 10.6 Å². The van der Waals surface area contributed by atoms with E-state index in [0.29, 0.717) is 0 Å². The SMILES string of the molecule is O=C(NCc1cccnc1)c1cccc(Cl)c1[N+](=O)[O-]. The molecule has 0 atom stereocenters. The lowest BCUT2D eigenvalue weighted by atomic mass is 10.1. The summed E-state index contributed by atoms with van der Waals surface area (Å²) >= 11 is 5.75. The predicted octanol–water partition coefficient (Wildman–Crippen LogP) is 2.57. The minimum absolute atomic E-state index is 0.0635. The lowest BCUT2D eigenvalue weighted by Gasteiger charge is -2.06. The van der Waals surface area contributed by atoms with Crippen molar-refractivity contribution in [3.63, 3.8) is 0 Å². The van der Waals surface area contributed by atoms with E-state index in [-0.39, 0.29) is 17.1 Å². The Morgan fingerprint density at radius 2 is 2.15 bits per heavy atom. The van der Waals surface area contributed by atoms with Crippen molar-refractivity contribution in [2.75, 3.05) is 0 Å². The zero-order valence-corrected chi connectivity index (χ0v) is 11.0. The maximum Gasteiger partial charge on any atom is 0.300 e. The number of rotatable bonds is 4. The molecule has 2 aromatic rings. The van der Waals surface area contributed by atoms with Crippen LogP contribution in [-0.2, 0) is 6.54 Å². The van der Waals surface area contributed by atoms with Crippen LogP contribution in [0, 0.1) is 10.1 Å². The van der Waals surface area contributed by atoms with Gasteiger partial charge in [-0.15, -0.1) is 0 Å². The number of carbonyl (C=O) groups is 1. The van der Waals surface area contributed by atoms with Gasteiger partial charge in [0.25, 0.3) is 5.91 Å². The second kappa shape index (κ2) is 6.12. The number of aromatic nitrogens is 1. The number of carbonyl (C=O) groups excluding carboxylic acids is 1. The van der Waals surface area contributed by atoms with E-state index in [9.17, 15) is 14.9 Å². The van der Waals surface area contributed by atoms with Crippen molar-refractivity contribution >= 4 is 23.2 Å². The second-order valence-electron chi connectivity index (χ2n) is 3.94. The molecule has 0 radical (unpaired) electrons. The molecule has 2 rings (SSSR count). The molecule has 0 aliphatic heterocycles. The third-order valence-electron chi connectivity index (χ3n) is 2.59. The van der Waals surface area contributed by atoms with Gasteiger partial charge in [0.2, 0.25) is 0 Å². The minimum atomic E-state index is -0.665. The fourth-order valence-electron chi connectivity index (χ4n) is 1.66. The van der Waals surface area contributed by atoms with E-state index < -0.39 is 16.5 Å². The Kier molecular flexibility index (Phi) is 4.27. The molecule has 0 bridgehead atoms. The van der Waals surface area contributed by atoms with Gasteiger partial charge < -0.3 is 5.32 Å². The predicted molar refractivity (Wildman–Crippen MR) is 73.5 cm³/mol. The summed E-state index contributed by atoms with van der Waals surface area (Å²) in [6.45, 7) is 0.232. The molecule has 6 nitrogen and oxygen atoms in total. The van der Waals surface area contributed by atoms with Crippen LogP contribution in [0.15, 0.2) is 42.7 Å². The van der Waals surface area contributed by atoms with Crippen LogP contribution in [-0.4, -0.2) is 15.8 Å². The first-order valence-corrected chi connectivity index (χ1v) is 6.07. The first kappa shape index (κ1) is 14.0. The third kappa shape index (κ3) is 3.10. The average molecular weight is 292 g/mol. The smallest absolute Gasteiger partial charge is 0.300 e. The average Bonchev–Trinajstić information content (AvgIpc) is 2.45. The van der Waals surface area contributed by atoms with Crippen molar-refractivity contribution in [3.05, 3.63) is 69.0 Å². The monoisotopic (exact) mass is 291 g/mol. The van der Waals surface area contributed by atoms with Crippen LogP contribution < -0.4 is 5.32 Å². The lowest BCUT2D eigenvalue weighted by Crippen LogP contribution is -2.23. The Bertz CT molecular complexity index is 647.